The molecule has 0 heterocycles. The maximum Gasteiger partial charge on any atom is 0.296 e. The van der Waals surface area contributed by atoms with E-state index in [0.717, 1.165) is 5.56 Å². The Morgan fingerprint density at radius 2 is 1.65 bits per heavy atom. The summed E-state index contributed by atoms with van der Waals surface area (Å²) in [4.78, 5) is -0.567. The maximum atomic E-state index is 11.7. The van der Waals surface area contributed by atoms with Gasteiger partial charge in [0.1, 0.15) is 22.0 Å². The van der Waals surface area contributed by atoms with Crippen molar-refractivity contribution in [2.75, 3.05) is 0 Å². The molecule has 0 aliphatic carbocycles. The lowest BCUT2D eigenvalue weighted by atomic mass is 10.1. The monoisotopic (exact) mass is 372 g/mol. The van der Waals surface area contributed by atoms with Gasteiger partial charge in [-0.1, -0.05) is 29.8 Å². The minimum atomic E-state index is -4.66. The van der Waals surface area contributed by atoms with Crippen LogP contribution < -0.4 is 0 Å². The van der Waals surface area contributed by atoms with E-state index >= 15 is 0 Å². The van der Waals surface area contributed by atoms with Crippen LogP contribution in [0.5, 0.6) is 11.5 Å². The van der Waals surface area contributed by atoms with Crippen LogP contribution in [0.3, 0.4) is 0 Å². The number of rotatable bonds is 3. The summed E-state index contributed by atoms with van der Waals surface area (Å²) in [6, 6.07) is 11.1. The summed E-state index contributed by atoms with van der Waals surface area (Å²) in [5, 5.41) is 29.0. The number of nitrogens with zero attached hydrogens (tertiary/aromatic N) is 2. The molecule has 0 aliphatic heterocycles. The Labute approximate surface area is 150 Å². The third kappa shape index (κ3) is 3.24. The molecule has 7 nitrogen and oxygen atoms in total. The number of benzene rings is 3. The van der Waals surface area contributed by atoms with E-state index in [2.05, 4.69) is 10.2 Å². The Morgan fingerprint density at radius 1 is 0.923 bits per heavy atom. The first-order valence-corrected chi connectivity index (χ1v) is 9.06. The van der Waals surface area contributed by atoms with Crippen molar-refractivity contribution in [2.45, 2.75) is 18.7 Å². The molecule has 0 atom stereocenters. The van der Waals surface area contributed by atoms with Crippen LogP contribution in [0.4, 0.5) is 11.4 Å². The van der Waals surface area contributed by atoms with Crippen molar-refractivity contribution >= 4 is 32.3 Å². The van der Waals surface area contributed by atoms with Crippen LogP contribution in [0.25, 0.3) is 10.8 Å². The molecule has 26 heavy (non-hydrogen) atoms. The predicted octanol–water partition coefficient (Wildman–Crippen LogP) is 4.53. The van der Waals surface area contributed by atoms with Crippen molar-refractivity contribution in [1.82, 2.24) is 0 Å². The molecule has 3 rings (SSSR count). The van der Waals surface area contributed by atoms with E-state index in [4.69, 9.17) is 0 Å². The second-order valence-corrected chi connectivity index (χ2v) is 7.30. The average molecular weight is 372 g/mol. The van der Waals surface area contributed by atoms with Gasteiger partial charge in [0.2, 0.25) is 0 Å². The highest BCUT2D eigenvalue weighted by Gasteiger charge is 2.22. The molecule has 0 bridgehead atoms. The topological polar surface area (TPSA) is 120 Å². The summed E-state index contributed by atoms with van der Waals surface area (Å²) in [6.07, 6.45) is 0. The molecule has 0 aliphatic rings. The predicted molar refractivity (Wildman–Crippen MR) is 97.2 cm³/mol. The van der Waals surface area contributed by atoms with Gasteiger partial charge < -0.3 is 10.2 Å². The number of phenols is 2. The molecule has 0 fully saturated rings. The molecule has 3 aromatic rings. The fourth-order valence-electron chi connectivity index (χ4n) is 2.58. The number of para-hydroxylation sites is 1. The molecule has 0 radical (unpaired) electrons. The van der Waals surface area contributed by atoms with Crippen molar-refractivity contribution in [1.29, 1.82) is 0 Å². The minimum absolute atomic E-state index is 0.107. The first kappa shape index (κ1) is 17.8. The molecule has 0 spiro atoms. The standard InChI is InChI=1S/C18H16N2O5S/c1-10-6-7-12-9-15(26(23,24)25)16(18(22)13(12)8-10)20-19-14-5-3-4-11(2)17(14)21/h3-9,21-22H,1-2H3,(H,23,24,25). The number of fused-ring (bicyclic) bond motifs is 1. The first-order valence-electron chi connectivity index (χ1n) is 7.62. The molecule has 0 amide bonds. The zero-order valence-electron chi connectivity index (χ0n) is 14.0. The third-order valence-corrected chi connectivity index (χ3v) is 4.83. The SMILES string of the molecule is Cc1ccc2cc(S(=O)(=O)O)c(N=Nc3cccc(C)c3O)c(O)c2c1. The largest absolute Gasteiger partial charge is 0.505 e. The highest BCUT2D eigenvalue weighted by Crippen LogP contribution is 2.42. The lowest BCUT2D eigenvalue weighted by Crippen LogP contribution is -1.99. The molecular weight excluding hydrogens is 356 g/mol. The van der Waals surface area contributed by atoms with Gasteiger partial charge in [0.15, 0.2) is 5.75 Å². The van der Waals surface area contributed by atoms with Crippen LogP contribution in [0.2, 0.25) is 0 Å². The maximum absolute atomic E-state index is 11.7. The molecule has 0 aromatic heterocycles. The highest BCUT2D eigenvalue weighted by molar-refractivity contribution is 7.86. The van der Waals surface area contributed by atoms with Gasteiger partial charge in [0.25, 0.3) is 10.1 Å². The molecule has 3 N–H and O–H groups in total. The number of hydrogen-bond acceptors (Lipinski definition) is 6. The summed E-state index contributed by atoms with van der Waals surface area (Å²) in [7, 11) is -4.66. The smallest absolute Gasteiger partial charge is 0.296 e. The lowest BCUT2D eigenvalue weighted by Gasteiger charge is -2.09. The molecule has 134 valence electrons. The Morgan fingerprint density at radius 3 is 2.35 bits per heavy atom. The molecule has 0 unspecified atom stereocenters. The van der Waals surface area contributed by atoms with Gasteiger partial charge in [0, 0.05) is 5.39 Å². The van der Waals surface area contributed by atoms with Crippen molar-refractivity contribution < 1.29 is 23.2 Å². The van der Waals surface area contributed by atoms with Gasteiger partial charge in [-0.15, -0.1) is 10.2 Å². The average Bonchev–Trinajstić information content (AvgIpc) is 2.57. The van der Waals surface area contributed by atoms with Crippen LogP contribution in [0, 0.1) is 13.8 Å². The zero-order valence-corrected chi connectivity index (χ0v) is 14.8. The third-order valence-electron chi connectivity index (χ3n) is 3.96. The fourth-order valence-corrected chi connectivity index (χ4v) is 3.23. The summed E-state index contributed by atoms with van der Waals surface area (Å²) in [6.45, 7) is 3.50. The van der Waals surface area contributed by atoms with Gasteiger partial charge in [-0.3, -0.25) is 4.55 Å². The normalized spacial score (nSPS) is 12.1. The van der Waals surface area contributed by atoms with Gasteiger partial charge in [0.05, 0.1) is 0 Å². The van der Waals surface area contributed by atoms with E-state index in [1.165, 1.54) is 12.1 Å². The van der Waals surface area contributed by atoms with E-state index in [9.17, 15) is 23.2 Å². The van der Waals surface area contributed by atoms with Crippen LogP contribution in [-0.2, 0) is 10.1 Å². The summed E-state index contributed by atoms with van der Waals surface area (Å²) >= 11 is 0. The van der Waals surface area contributed by atoms with Crippen LogP contribution in [0.15, 0.2) is 57.6 Å². The molecule has 3 aromatic carbocycles. The van der Waals surface area contributed by atoms with Gasteiger partial charge in [-0.25, -0.2) is 0 Å². The number of azo groups is 1. The number of aryl methyl sites for hydroxylation is 2. The fraction of sp³-hybridized carbons (Fsp3) is 0.111. The van der Waals surface area contributed by atoms with Gasteiger partial charge in [-0.05, 0) is 43.0 Å². The van der Waals surface area contributed by atoms with Gasteiger partial charge in [-0.2, -0.15) is 8.42 Å². The Hall–Kier alpha value is -2.97. The molecule has 0 saturated heterocycles. The van der Waals surface area contributed by atoms with Crippen molar-refractivity contribution in [3.63, 3.8) is 0 Å². The van der Waals surface area contributed by atoms with Crippen molar-refractivity contribution in [3.05, 3.63) is 53.6 Å². The van der Waals surface area contributed by atoms with E-state index in [1.807, 2.05) is 6.92 Å². The van der Waals surface area contributed by atoms with E-state index in [-0.39, 0.29) is 11.4 Å². The zero-order chi connectivity index (χ0) is 19.1. The number of hydrogen-bond donors (Lipinski definition) is 3. The number of aromatic hydroxyl groups is 2. The van der Waals surface area contributed by atoms with Gasteiger partial charge >= 0.3 is 0 Å². The van der Waals surface area contributed by atoms with E-state index in [1.54, 1.807) is 37.3 Å². The first-order chi connectivity index (χ1) is 12.2. The van der Waals surface area contributed by atoms with Crippen LogP contribution in [0.1, 0.15) is 11.1 Å². The second-order valence-electron chi connectivity index (χ2n) is 5.91. The summed E-state index contributed by atoms with van der Waals surface area (Å²) in [5.41, 5.74) is 1.13. The van der Waals surface area contributed by atoms with Crippen LogP contribution >= 0.6 is 0 Å². The summed E-state index contributed by atoms with van der Waals surface area (Å²) < 4.78 is 33.0. The summed E-state index contributed by atoms with van der Waals surface area (Å²) in [5.74, 6) is -0.532. The second kappa shape index (κ2) is 6.40. The highest BCUT2D eigenvalue weighted by atomic mass is 32.2. The van der Waals surface area contributed by atoms with E-state index < -0.39 is 26.5 Å². The molecule has 8 heteroatoms. The van der Waals surface area contributed by atoms with E-state index in [0.29, 0.717) is 16.3 Å². The van der Waals surface area contributed by atoms with Crippen molar-refractivity contribution in [3.8, 4) is 11.5 Å². The van der Waals surface area contributed by atoms with Crippen molar-refractivity contribution in [2.24, 2.45) is 10.2 Å². The molecular formula is C18H16N2O5S. The molecule has 0 saturated carbocycles. The Bertz CT molecular complexity index is 1150. The Kier molecular flexibility index (Phi) is 4.39. The van der Waals surface area contributed by atoms with Crippen LogP contribution in [-0.4, -0.2) is 23.2 Å². The number of phenolic OH excluding ortho intramolecular Hbond substituents is 2. The minimum Gasteiger partial charge on any atom is -0.505 e. The quantitative estimate of drug-likeness (QED) is 0.461. The Balaban J connectivity index is 2.28. The lowest BCUT2D eigenvalue weighted by molar-refractivity contribution is 0.470.